The first kappa shape index (κ1) is 15.1. The third-order valence-electron chi connectivity index (χ3n) is 3.36. The maximum Gasteiger partial charge on any atom is 0.105 e. The largest absolute Gasteiger partial charge is 0.384 e. The van der Waals surface area contributed by atoms with Crippen LogP contribution in [0.15, 0.2) is 42.5 Å². The van der Waals surface area contributed by atoms with Crippen LogP contribution in [-0.4, -0.2) is 5.11 Å². The van der Waals surface area contributed by atoms with Gasteiger partial charge in [-0.2, -0.15) is 0 Å². The average molecular weight is 289 g/mol. The number of halogens is 1. The molecular formula is C18H21ClO. The second-order valence-electron chi connectivity index (χ2n) is 5.77. The van der Waals surface area contributed by atoms with Crippen molar-refractivity contribution >= 4 is 11.6 Å². The van der Waals surface area contributed by atoms with Gasteiger partial charge < -0.3 is 5.11 Å². The van der Waals surface area contributed by atoms with Crippen molar-refractivity contribution in [1.82, 2.24) is 0 Å². The molecule has 2 aromatic rings. The second-order valence-corrected chi connectivity index (χ2v) is 6.18. The third kappa shape index (κ3) is 3.62. The van der Waals surface area contributed by atoms with Gasteiger partial charge in [-0.25, -0.2) is 0 Å². The van der Waals surface area contributed by atoms with Crippen LogP contribution in [0.25, 0.3) is 0 Å². The third-order valence-corrected chi connectivity index (χ3v) is 3.69. The van der Waals surface area contributed by atoms with Crippen molar-refractivity contribution in [3.8, 4) is 0 Å². The van der Waals surface area contributed by atoms with Gasteiger partial charge >= 0.3 is 0 Å². The first-order chi connectivity index (χ1) is 9.47. The van der Waals surface area contributed by atoms with Gasteiger partial charge in [0.25, 0.3) is 0 Å². The molecular weight excluding hydrogens is 268 g/mol. The van der Waals surface area contributed by atoms with E-state index >= 15 is 0 Å². The maximum absolute atomic E-state index is 10.5. The number of rotatable bonds is 4. The van der Waals surface area contributed by atoms with Crippen LogP contribution in [0.4, 0.5) is 0 Å². The van der Waals surface area contributed by atoms with E-state index in [1.807, 2.05) is 37.3 Å². The molecule has 0 aliphatic carbocycles. The molecule has 0 bridgehead atoms. The van der Waals surface area contributed by atoms with Crippen LogP contribution in [0, 0.1) is 12.8 Å². The smallest absolute Gasteiger partial charge is 0.105 e. The standard InChI is InChI=1S/C18H21ClO/c1-12(2)9-14-5-4-6-15(11-14)18(20)16-8-7-13(3)10-17(16)19/h4-8,10-12,18,20H,9H2,1-3H3. The average Bonchev–Trinajstić information content (AvgIpc) is 2.37. The van der Waals surface area contributed by atoms with E-state index < -0.39 is 6.10 Å². The summed E-state index contributed by atoms with van der Waals surface area (Å²) in [6, 6.07) is 13.9. The highest BCUT2D eigenvalue weighted by Crippen LogP contribution is 2.29. The predicted octanol–water partition coefficient (Wildman–Crippen LogP) is 4.93. The van der Waals surface area contributed by atoms with E-state index in [2.05, 4.69) is 26.0 Å². The molecule has 0 aromatic heterocycles. The van der Waals surface area contributed by atoms with E-state index in [9.17, 15) is 5.11 Å². The molecule has 106 valence electrons. The van der Waals surface area contributed by atoms with Crippen molar-refractivity contribution < 1.29 is 5.11 Å². The molecule has 0 saturated carbocycles. The Morgan fingerprint density at radius 1 is 1.10 bits per heavy atom. The fourth-order valence-corrected chi connectivity index (χ4v) is 2.73. The molecule has 0 amide bonds. The van der Waals surface area contributed by atoms with Crippen LogP contribution in [-0.2, 0) is 6.42 Å². The molecule has 2 rings (SSSR count). The summed E-state index contributed by atoms with van der Waals surface area (Å²) in [6.45, 7) is 6.38. The van der Waals surface area contributed by atoms with Gasteiger partial charge in [0.05, 0.1) is 0 Å². The number of hydrogen-bond donors (Lipinski definition) is 1. The zero-order valence-corrected chi connectivity index (χ0v) is 13.0. The van der Waals surface area contributed by atoms with Crippen LogP contribution in [0.3, 0.4) is 0 Å². The number of benzene rings is 2. The van der Waals surface area contributed by atoms with Crippen LogP contribution >= 0.6 is 11.6 Å². The van der Waals surface area contributed by atoms with Crippen LogP contribution < -0.4 is 0 Å². The molecule has 20 heavy (non-hydrogen) atoms. The van der Waals surface area contributed by atoms with E-state index in [1.54, 1.807) is 0 Å². The Morgan fingerprint density at radius 3 is 2.50 bits per heavy atom. The lowest BCUT2D eigenvalue weighted by Gasteiger charge is -2.15. The molecule has 0 saturated heterocycles. The van der Waals surface area contributed by atoms with Crippen molar-refractivity contribution in [1.29, 1.82) is 0 Å². The summed E-state index contributed by atoms with van der Waals surface area (Å²) in [4.78, 5) is 0. The van der Waals surface area contributed by atoms with E-state index in [0.29, 0.717) is 10.9 Å². The van der Waals surface area contributed by atoms with Crippen LogP contribution in [0.1, 0.15) is 42.2 Å². The Balaban J connectivity index is 2.30. The number of aliphatic hydroxyl groups excluding tert-OH is 1. The molecule has 0 radical (unpaired) electrons. The molecule has 1 N–H and O–H groups in total. The van der Waals surface area contributed by atoms with Crippen molar-refractivity contribution in [2.75, 3.05) is 0 Å². The SMILES string of the molecule is Cc1ccc(C(O)c2cccc(CC(C)C)c2)c(Cl)c1. The summed E-state index contributed by atoms with van der Waals surface area (Å²) in [6.07, 6.45) is 0.345. The molecule has 2 heteroatoms. The summed E-state index contributed by atoms with van der Waals surface area (Å²) in [5.41, 5.74) is 4.01. The Morgan fingerprint density at radius 2 is 1.85 bits per heavy atom. The molecule has 0 fully saturated rings. The summed E-state index contributed by atoms with van der Waals surface area (Å²) >= 11 is 6.24. The fraction of sp³-hybridized carbons (Fsp3) is 0.333. The highest BCUT2D eigenvalue weighted by atomic mass is 35.5. The summed E-state index contributed by atoms with van der Waals surface area (Å²) in [7, 11) is 0. The van der Waals surface area contributed by atoms with Crippen molar-refractivity contribution in [2.45, 2.75) is 33.3 Å². The normalized spacial score (nSPS) is 12.7. The molecule has 1 atom stereocenters. The summed E-state index contributed by atoms with van der Waals surface area (Å²) in [5, 5.41) is 11.2. The number of hydrogen-bond acceptors (Lipinski definition) is 1. The first-order valence-corrected chi connectivity index (χ1v) is 7.38. The Hall–Kier alpha value is -1.31. The minimum absolute atomic E-state index is 0.602. The zero-order valence-electron chi connectivity index (χ0n) is 12.2. The van der Waals surface area contributed by atoms with Crippen molar-refractivity contribution in [2.24, 2.45) is 5.92 Å². The van der Waals surface area contributed by atoms with Crippen LogP contribution in [0.5, 0.6) is 0 Å². The van der Waals surface area contributed by atoms with Gasteiger partial charge in [-0.15, -0.1) is 0 Å². The van der Waals surface area contributed by atoms with Gasteiger partial charge in [0.1, 0.15) is 6.10 Å². The van der Waals surface area contributed by atoms with Gasteiger partial charge in [0.15, 0.2) is 0 Å². The summed E-state index contributed by atoms with van der Waals surface area (Å²) in [5.74, 6) is 0.602. The van der Waals surface area contributed by atoms with E-state index in [1.165, 1.54) is 5.56 Å². The van der Waals surface area contributed by atoms with Crippen LogP contribution in [0.2, 0.25) is 5.02 Å². The highest BCUT2D eigenvalue weighted by Gasteiger charge is 2.14. The quantitative estimate of drug-likeness (QED) is 0.846. The number of aryl methyl sites for hydroxylation is 1. The topological polar surface area (TPSA) is 20.2 Å². The second kappa shape index (κ2) is 6.43. The lowest BCUT2D eigenvalue weighted by molar-refractivity contribution is 0.220. The lowest BCUT2D eigenvalue weighted by atomic mass is 9.96. The zero-order chi connectivity index (χ0) is 14.7. The van der Waals surface area contributed by atoms with Gasteiger partial charge in [-0.05, 0) is 42.0 Å². The number of aliphatic hydroxyl groups is 1. The van der Waals surface area contributed by atoms with Gasteiger partial charge in [-0.3, -0.25) is 0 Å². The predicted molar refractivity (Wildman–Crippen MR) is 85.2 cm³/mol. The maximum atomic E-state index is 10.5. The monoisotopic (exact) mass is 288 g/mol. The fourth-order valence-electron chi connectivity index (χ4n) is 2.40. The molecule has 1 unspecified atom stereocenters. The lowest BCUT2D eigenvalue weighted by Crippen LogP contribution is -2.02. The minimum atomic E-state index is -0.671. The van der Waals surface area contributed by atoms with Gasteiger partial charge in [0.2, 0.25) is 0 Å². The molecule has 0 spiro atoms. The Bertz CT molecular complexity index is 590. The van der Waals surface area contributed by atoms with E-state index in [0.717, 1.165) is 23.1 Å². The van der Waals surface area contributed by atoms with Gasteiger partial charge in [0, 0.05) is 10.6 Å². The molecule has 2 aromatic carbocycles. The molecule has 0 aliphatic heterocycles. The van der Waals surface area contributed by atoms with Crippen molar-refractivity contribution in [3.63, 3.8) is 0 Å². The van der Waals surface area contributed by atoms with E-state index in [-0.39, 0.29) is 0 Å². The Labute approximate surface area is 126 Å². The van der Waals surface area contributed by atoms with Crippen molar-refractivity contribution in [3.05, 3.63) is 69.7 Å². The van der Waals surface area contributed by atoms with Gasteiger partial charge in [-0.1, -0.05) is 61.8 Å². The molecule has 1 nitrogen and oxygen atoms in total. The first-order valence-electron chi connectivity index (χ1n) is 7.00. The minimum Gasteiger partial charge on any atom is -0.384 e. The summed E-state index contributed by atoms with van der Waals surface area (Å²) < 4.78 is 0. The van der Waals surface area contributed by atoms with E-state index in [4.69, 9.17) is 11.6 Å². The molecule has 0 heterocycles. The Kier molecular flexibility index (Phi) is 4.85. The molecule has 0 aliphatic rings. The highest BCUT2D eigenvalue weighted by molar-refractivity contribution is 6.31.